The third-order valence-electron chi connectivity index (χ3n) is 2.20. The molecule has 1 aromatic heterocycles. The van der Waals surface area contributed by atoms with Crippen molar-refractivity contribution in [2.45, 2.75) is 18.8 Å². The predicted octanol–water partition coefficient (Wildman–Crippen LogP) is 1.24. The molecule has 1 unspecified atom stereocenters. The summed E-state index contributed by atoms with van der Waals surface area (Å²) in [6.45, 7) is 0. The standard InChI is InChI=1S/C8H7ClN2O2/c9-8-10-3-4-1-2-5(7(12)13)6(4)11-8/h3,5H,1-2H2,(H,12,13). The molecule has 0 radical (unpaired) electrons. The number of nitrogens with zero attached hydrogens (tertiary/aromatic N) is 2. The van der Waals surface area contributed by atoms with E-state index in [2.05, 4.69) is 9.97 Å². The normalized spacial score (nSPS) is 19.9. The number of carboxylic acid groups (broad SMARTS) is 1. The Balaban J connectivity index is 2.46. The maximum Gasteiger partial charge on any atom is 0.312 e. The molecule has 0 amide bonds. The number of aryl methyl sites for hydroxylation is 1. The molecule has 1 N–H and O–H groups in total. The molecule has 1 aliphatic carbocycles. The molecule has 0 saturated heterocycles. The molecule has 1 atom stereocenters. The van der Waals surface area contributed by atoms with Crippen molar-refractivity contribution in [2.24, 2.45) is 0 Å². The lowest BCUT2D eigenvalue weighted by Gasteiger charge is -2.03. The molecule has 13 heavy (non-hydrogen) atoms. The lowest BCUT2D eigenvalue weighted by molar-refractivity contribution is -0.138. The zero-order chi connectivity index (χ0) is 9.42. The van der Waals surface area contributed by atoms with Crippen LogP contribution in [-0.4, -0.2) is 21.0 Å². The van der Waals surface area contributed by atoms with Crippen molar-refractivity contribution in [1.29, 1.82) is 0 Å². The van der Waals surface area contributed by atoms with Crippen LogP contribution >= 0.6 is 11.6 Å². The monoisotopic (exact) mass is 198 g/mol. The van der Waals surface area contributed by atoms with Crippen LogP contribution in [0.2, 0.25) is 5.28 Å². The minimum absolute atomic E-state index is 0.118. The van der Waals surface area contributed by atoms with Crippen molar-refractivity contribution < 1.29 is 9.90 Å². The average Bonchev–Trinajstić information content (AvgIpc) is 2.46. The van der Waals surface area contributed by atoms with Crippen molar-refractivity contribution >= 4 is 17.6 Å². The van der Waals surface area contributed by atoms with E-state index in [4.69, 9.17) is 16.7 Å². The van der Waals surface area contributed by atoms with E-state index < -0.39 is 11.9 Å². The zero-order valence-corrected chi connectivity index (χ0v) is 7.45. The van der Waals surface area contributed by atoms with Gasteiger partial charge >= 0.3 is 5.97 Å². The topological polar surface area (TPSA) is 63.1 Å². The fraction of sp³-hybridized carbons (Fsp3) is 0.375. The lowest BCUT2D eigenvalue weighted by Crippen LogP contribution is -2.09. The van der Waals surface area contributed by atoms with Crippen LogP contribution in [-0.2, 0) is 11.2 Å². The number of aromatic nitrogens is 2. The fourth-order valence-corrected chi connectivity index (χ4v) is 1.71. The van der Waals surface area contributed by atoms with Gasteiger partial charge in [-0.3, -0.25) is 4.79 Å². The predicted molar refractivity (Wildman–Crippen MR) is 45.7 cm³/mol. The van der Waals surface area contributed by atoms with Gasteiger partial charge in [0.15, 0.2) is 0 Å². The number of carbonyl (C=O) groups is 1. The highest BCUT2D eigenvalue weighted by Crippen LogP contribution is 2.31. The minimum Gasteiger partial charge on any atom is -0.481 e. The van der Waals surface area contributed by atoms with Gasteiger partial charge in [-0.05, 0) is 30.0 Å². The van der Waals surface area contributed by atoms with E-state index in [1.165, 1.54) is 0 Å². The molecule has 1 aromatic rings. The molecule has 4 nitrogen and oxygen atoms in total. The van der Waals surface area contributed by atoms with E-state index in [-0.39, 0.29) is 5.28 Å². The summed E-state index contributed by atoms with van der Waals surface area (Å²) in [6.07, 6.45) is 2.93. The summed E-state index contributed by atoms with van der Waals surface area (Å²) < 4.78 is 0. The summed E-state index contributed by atoms with van der Waals surface area (Å²) in [6, 6.07) is 0. The number of fused-ring (bicyclic) bond motifs is 1. The number of halogens is 1. The van der Waals surface area contributed by atoms with Crippen LogP contribution in [0.25, 0.3) is 0 Å². The largest absolute Gasteiger partial charge is 0.481 e. The van der Waals surface area contributed by atoms with Gasteiger partial charge in [0.05, 0.1) is 11.6 Å². The highest BCUT2D eigenvalue weighted by atomic mass is 35.5. The number of hydrogen-bond donors (Lipinski definition) is 1. The van der Waals surface area contributed by atoms with Crippen LogP contribution in [0.4, 0.5) is 0 Å². The molecule has 0 bridgehead atoms. The number of rotatable bonds is 1. The molecule has 0 fully saturated rings. The first kappa shape index (κ1) is 8.44. The minimum atomic E-state index is -0.839. The molecule has 1 aliphatic rings. The quantitative estimate of drug-likeness (QED) is 0.690. The molecule has 5 heteroatoms. The Hall–Kier alpha value is -1.16. The summed E-state index contributed by atoms with van der Waals surface area (Å²) in [5.74, 6) is -1.34. The third-order valence-corrected chi connectivity index (χ3v) is 2.38. The Kier molecular flexibility index (Phi) is 1.92. The molecule has 0 saturated carbocycles. The third kappa shape index (κ3) is 1.37. The van der Waals surface area contributed by atoms with Gasteiger partial charge in [0.2, 0.25) is 5.28 Å². The van der Waals surface area contributed by atoms with Gasteiger partial charge in [-0.1, -0.05) is 0 Å². The Morgan fingerprint density at radius 2 is 2.46 bits per heavy atom. The van der Waals surface area contributed by atoms with Crippen LogP contribution in [0.15, 0.2) is 6.20 Å². The van der Waals surface area contributed by atoms with Crippen LogP contribution in [0.5, 0.6) is 0 Å². The maximum absolute atomic E-state index is 10.8. The first-order valence-corrected chi connectivity index (χ1v) is 4.30. The van der Waals surface area contributed by atoms with E-state index in [0.717, 1.165) is 12.0 Å². The molecular weight excluding hydrogens is 192 g/mol. The summed E-state index contributed by atoms with van der Waals surface area (Å²) in [4.78, 5) is 18.5. The second-order valence-corrected chi connectivity index (χ2v) is 3.32. The SMILES string of the molecule is O=C(O)C1CCc2cnc(Cl)nc21. The average molecular weight is 199 g/mol. The number of carboxylic acids is 1. The van der Waals surface area contributed by atoms with Crippen molar-refractivity contribution in [1.82, 2.24) is 9.97 Å². The van der Waals surface area contributed by atoms with E-state index in [0.29, 0.717) is 12.1 Å². The molecule has 0 spiro atoms. The summed E-state index contributed by atoms with van der Waals surface area (Å²) in [5.41, 5.74) is 1.48. The van der Waals surface area contributed by atoms with Crippen LogP contribution < -0.4 is 0 Å². The Morgan fingerprint density at radius 3 is 3.15 bits per heavy atom. The molecule has 0 aliphatic heterocycles. The Labute approximate surface area is 79.6 Å². The smallest absolute Gasteiger partial charge is 0.312 e. The lowest BCUT2D eigenvalue weighted by atomic mass is 10.1. The highest BCUT2D eigenvalue weighted by Gasteiger charge is 2.30. The van der Waals surface area contributed by atoms with E-state index in [9.17, 15) is 4.79 Å². The molecule has 0 aromatic carbocycles. The molecule has 1 heterocycles. The molecular formula is C8H7ClN2O2. The van der Waals surface area contributed by atoms with Gasteiger partial charge in [0, 0.05) is 6.20 Å². The highest BCUT2D eigenvalue weighted by molar-refractivity contribution is 6.28. The van der Waals surface area contributed by atoms with Gasteiger partial charge in [-0.2, -0.15) is 0 Å². The summed E-state index contributed by atoms with van der Waals surface area (Å²) in [7, 11) is 0. The Bertz CT molecular complexity index is 367. The van der Waals surface area contributed by atoms with E-state index in [1.807, 2.05) is 0 Å². The van der Waals surface area contributed by atoms with Crippen LogP contribution in [0, 0.1) is 0 Å². The van der Waals surface area contributed by atoms with Gasteiger partial charge < -0.3 is 5.11 Å². The van der Waals surface area contributed by atoms with Gasteiger partial charge in [0.1, 0.15) is 0 Å². The zero-order valence-electron chi connectivity index (χ0n) is 6.70. The van der Waals surface area contributed by atoms with E-state index >= 15 is 0 Å². The first-order valence-electron chi connectivity index (χ1n) is 3.92. The number of aliphatic carboxylic acids is 1. The van der Waals surface area contributed by atoms with E-state index in [1.54, 1.807) is 6.20 Å². The van der Waals surface area contributed by atoms with Gasteiger partial charge in [0.25, 0.3) is 0 Å². The van der Waals surface area contributed by atoms with Crippen molar-refractivity contribution in [2.75, 3.05) is 0 Å². The van der Waals surface area contributed by atoms with Gasteiger partial charge in [-0.15, -0.1) is 0 Å². The van der Waals surface area contributed by atoms with Crippen LogP contribution in [0.3, 0.4) is 0 Å². The molecule has 68 valence electrons. The fourth-order valence-electron chi connectivity index (χ4n) is 1.57. The first-order chi connectivity index (χ1) is 6.18. The van der Waals surface area contributed by atoms with Crippen molar-refractivity contribution in [3.63, 3.8) is 0 Å². The summed E-state index contributed by atoms with van der Waals surface area (Å²) >= 11 is 5.58. The second kappa shape index (κ2) is 2.96. The number of hydrogen-bond acceptors (Lipinski definition) is 3. The molecule has 2 rings (SSSR count). The van der Waals surface area contributed by atoms with Crippen LogP contribution in [0.1, 0.15) is 23.6 Å². The Morgan fingerprint density at radius 1 is 1.69 bits per heavy atom. The maximum atomic E-state index is 10.8. The van der Waals surface area contributed by atoms with Gasteiger partial charge in [-0.25, -0.2) is 9.97 Å². The van der Waals surface area contributed by atoms with Crippen molar-refractivity contribution in [3.8, 4) is 0 Å². The summed E-state index contributed by atoms with van der Waals surface area (Å²) in [5, 5.41) is 8.96. The van der Waals surface area contributed by atoms with Crippen molar-refractivity contribution in [3.05, 3.63) is 22.7 Å². The second-order valence-electron chi connectivity index (χ2n) is 2.98.